The molecule has 4 heterocycles. The molecule has 3 N–H and O–H groups in total. The van der Waals surface area contributed by atoms with E-state index in [9.17, 15) is 22.7 Å². The lowest BCUT2D eigenvalue weighted by atomic mass is 9.97. The van der Waals surface area contributed by atoms with Crippen molar-refractivity contribution in [2.45, 2.75) is 37.3 Å². The number of halogens is 4. The Hall–Kier alpha value is -2.79. The molecule has 0 aromatic carbocycles. The Morgan fingerprint density at radius 2 is 2.03 bits per heavy atom. The number of piperidine rings is 1. The maximum Gasteiger partial charge on any atom is 0.421 e. The number of imidazole rings is 1. The van der Waals surface area contributed by atoms with E-state index in [0.29, 0.717) is 43.5 Å². The van der Waals surface area contributed by atoms with Gasteiger partial charge in [0.2, 0.25) is 5.95 Å². The highest BCUT2D eigenvalue weighted by Crippen LogP contribution is 2.38. The third kappa shape index (κ3) is 3.70. The maximum atomic E-state index is 14.1. The summed E-state index contributed by atoms with van der Waals surface area (Å²) in [5.74, 6) is 0.206. The van der Waals surface area contributed by atoms with E-state index in [1.807, 2.05) is 0 Å². The molecule has 160 valence electrons. The second-order valence-corrected chi connectivity index (χ2v) is 7.38. The van der Waals surface area contributed by atoms with Gasteiger partial charge in [0, 0.05) is 24.5 Å². The number of aliphatic hydroxyl groups is 1. The predicted octanol–water partition coefficient (Wildman–Crippen LogP) is 2.67. The fourth-order valence-corrected chi connectivity index (χ4v) is 3.33. The number of alkyl halides is 4. The zero-order valence-corrected chi connectivity index (χ0v) is 16.0. The summed E-state index contributed by atoms with van der Waals surface area (Å²) in [7, 11) is 0. The molecule has 0 saturated carbocycles. The van der Waals surface area contributed by atoms with Gasteiger partial charge in [-0.2, -0.15) is 13.2 Å². The SMILES string of the molecule is CC(O)(c1ccc2ncc(-c3ccnc(N[C@H]4CNCC[C@@H]4F)n3)n2c1)C(F)(F)F. The Kier molecular flexibility index (Phi) is 5.10. The van der Waals surface area contributed by atoms with Gasteiger partial charge in [0.05, 0.1) is 23.6 Å². The van der Waals surface area contributed by atoms with Gasteiger partial charge in [-0.25, -0.2) is 19.3 Å². The first kappa shape index (κ1) is 20.5. The average molecular weight is 424 g/mol. The molecule has 0 radical (unpaired) electrons. The highest BCUT2D eigenvalue weighted by molar-refractivity contribution is 5.61. The highest BCUT2D eigenvalue weighted by atomic mass is 19.4. The molecular formula is C19H20F4N6O. The molecule has 3 aromatic rings. The number of pyridine rings is 1. The number of hydrogen-bond donors (Lipinski definition) is 3. The van der Waals surface area contributed by atoms with Crippen molar-refractivity contribution in [3.05, 3.63) is 42.4 Å². The van der Waals surface area contributed by atoms with Crippen LogP contribution in [0, 0.1) is 0 Å². The monoisotopic (exact) mass is 424 g/mol. The lowest BCUT2D eigenvalue weighted by Crippen LogP contribution is -2.46. The third-order valence-electron chi connectivity index (χ3n) is 5.25. The number of nitrogens with zero attached hydrogens (tertiary/aromatic N) is 4. The van der Waals surface area contributed by atoms with Gasteiger partial charge in [-0.05, 0) is 32.0 Å². The first-order valence-corrected chi connectivity index (χ1v) is 9.38. The Morgan fingerprint density at radius 3 is 2.77 bits per heavy atom. The van der Waals surface area contributed by atoms with Crippen LogP contribution in [0.1, 0.15) is 18.9 Å². The van der Waals surface area contributed by atoms with Crippen LogP contribution in [0.3, 0.4) is 0 Å². The van der Waals surface area contributed by atoms with Crippen LogP contribution in [-0.4, -0.2) is 55.9 Å². The fraction of sp³-hybridized carbons (Fsp3) is 0.421. The van der Waals surface area contributed by atoms with Gasteiger partial charge in [0.15, 0.2) is 5.60 Å². The summed E-state index contributed by atoms with van der Waals surface area (Å²) in [6.07, 6.45) is -1.38. The molecule has 7 nitrogen and oxygen atoms in total. The van der Waals surface area contributed by atoms with Crippen LogP contribution in [0.2, 0.25) is 0 Å². The summed E-state index contributed by atoms with van der Waals surface area (Å²) >= 11 is 0. The molecule has 11 heteroatoms. The molecular weight excluding hydrogens is 404 g/mol. The Morgan fingerprint density at radius 1 is 1.23 bits per heavy atom. The quantitative estimate of drug-likeness (QED) is 0.559. The van der Waals surface area contributed by atoms with E-state index in [4.69, 9.17) is 0 Å². The molecule has 1 unspecified atom stereocenters. The second kappa shape index (κ2) is 7.47. The summed E-state index contributed by atoms with van der Waals surface area (Å²) in [6.45, 7) is 1.73. The maximum absolute atomic E-state index is 14.1. The van der Waals surface area contributed by atoms with Gasteiger partial charge >= 0.3 is 6.18 Å². The first-order chi connectivity index (χ1) is 14.2. The van der Waals surface area contributed by atoms with Crippen LogP contribution in [0.4, 0.5) is 23.5 Å². The van der Waals surface area contributed by atoms with Crippen molar-refractivity contribution in [3.63, 3.8) is 0 Å². The van der Waals surface area contributed by atoms with E-state index in [1.54, 1.807) is 6.07 Å². The van der Waals surface area contributed by atoms with Crippen molar-refractivity contribution >= 4 is 11.6 Å². The lowest BCUT2D eigenvalue weighted by molar-refractivity contribution is -0.259. The van der Waals surface area contributed by atoms with Gasteiger partial charge in [0.1, 0.15) is 11.8 Å². The number of nitrogens with one attached hydrogen (secondary N) is 2. The highest BCUT2D eigenvalue weighted by Gasteiger charge is 2.51. The van der Waals surface area contributed by atoms with E-state index in [0.717, 1.165) is 0 Å². The predicted molar refractivity (Wildman–Crippen MR) is 102 cm³/mol. The number of anilines is 1. The summed E-state index contributed by atoms with van der Waals surface area (Å²) in [5.41, 5.74) is -2.16. The van der Waals surface area contributed by atoms with Crippen LogP contribution < -0.4 is 10.6 Å². The molecule has 3 atom stereocenters. The molecule has 0 bridgehead atoms. The first-order valence-electron chi connectivity index (χ1n) is 9.38. The normalized spacial score (nSPS) is 22.1. The molecule has 4 rings (SSSR count). The number of hydrogen-bond acceptors (Lipinski definition) is 6. The Bertz CT molecular complexity index is 1050. The second-order valence-electron chi connectivity index (χ2n) is 7.38. The largest absolute Gasteiger partial charge is 0.421 e. The zero-order chi connectivity index (χ0) is 21.5. The van der Waals surface area contributed by atoms with Crippen LogP contribution in [-0.2, 0) is 5.60 Å². The van der Waals surface area contributed by atoms with Gasteiger partial charge in [-0.15, -0.1) is 0 Å². The fourth-order valence-electron chi connectivity index (χ4n) is 3.33. The summed E-state index contributed by atoms with van der Waals surface area (Å²) in [4.78, 5) is 12.7. The summed E-state index contributed by atoms with van der Waals surface area (Å²) in [5, 5.41) is 16.1. The van der Waals surface area contributed by atoms with Gasteiger partial charge in [-0.1, -0.05) is 6.07 Å². The van der Waals surface area contributed by atoms with Crippen LogP contribution in [0.25, 0.3) is 17.0 Å². The number of aromatic nitrogens is 4. The van der Waals surface area contributed by atoms with Crippen LogP contribution >= 0.6 is 0 Å². The van der Waals surface area contributed by atoms with Crippen molar-refractivity contribution in [1.82, 2.24) is 24.7 Å². The average Bonchev–Trinajstić information content (AvgIpc) is 3.12. The smallest absolute Gasteiger partial charge is 0.376 e. The third-order valence-corrected chi connectivity index (χ3v) is 5.25. The molecule has 0 amide bonds. The molecule has 1 saturated heterocycles. The molecule has 1 aliphatic rings. The van der Waals surface area contributed by atoms with Crippen molar-refractivity contribution in [3.8, 4) is 11.4 Å². The minimum Gasteiger partial charge on any atom is -0.376 e. The van der Waals surface area contributed by atoms with Crippen molar-refractivity contribution in [2.24, 2.45) is 0 Å². The number of fused-ring (bicyclic) bond motifs is 1. The zero-order valence-electron chi connectivity index (χ0n) is 16.0. The molecule has 0 aliphatic carbocycles. The van der Waals surface area contributed by atoms with E-state index in [-0.39, 0.29) is 11.5 Å². The lowest BCUT2D eigenvalue weighted by Gasteiger charge is -2.27. The van der Waals surface area contributed by atoms with E-state index < -0.39 is 24.0 Å². The van der Waals surface area contributed by atoms with Gasteiger partial charge in [-0.3, -0.25) is 4.40 Å². The van der Waals surface area contributed by atoms with Crippen molar-refractivity contribution < 1.29 is 22.7 Å². The topological polar surface area (TPSA) is 87.4 Å². The van der Waals surface area contributed by atoms with E-state index in [2.05, 4.69) is 25.6 Å². The Labute approximate surface area is 169 Å². The summed E-state index contributed by atoms with van der Waals surface area (Å²) in [6, 6.07) is 3.67. The van der Waals surface area contributed by atoms with Gasteiger partial charge in [0.25, 0.3) is 0 Å². The molecule has 3 aromatic heterocycles. The molecule has 1 aliphatic heterocycles. The number of rotatable bonds is 4. The molecule has 1 fully saturated rings. The van der Waals surface area contributed by atoms with Crippen LogP contribution in [0.15, 0.2) is 36.8 Å². The Balaban J connectivity index is 1.69. The molecule has 30 heavy (non-hydrogen) atoms. The molecule has 0 spiro atoms. The standard InChI is InChI=1S/C19H20F4N6O/c1-18(30,19(21,22)23)11-2-3-16-26-9-15(29(16)10-11)13-5-7-25-17(27-13)28-14-8-24-6-4-12(14)20/h2-3,5,7,9-10,12,14,24,30H,4,6,8H2,1H3,(H,25,27,28)/t12-,14-,18?/m0/s1. The summed E-state index contributed by atoms with van der Waals surface area (Å²) < 4.78 is 55.2. The van der Waals surface area contributed by atoms with Gasteiger partial charge < -0.3 is 15.7 Å². The van der Waals surface area contributed by atoms with Crippen molar-refractivity contribution in [1.29, 1.82) is 0 Å². The minimum atomic E-state index is -4.84. The van der Waals surface area contributed by atoms with E-state index >= 15 is 0 Å². The van der Waals surface area contributed by atoms with E-state index in [1.165, 1.54) is 35.1 Å². The van der Waals surface area contributed by atoms with Crippen LogP contribution in [0.5, 0.6) is 0 Å². The van der Waals surface area contributed by atoms with Crippen molar-refractivity contribution in [2.75, 3.05) is 18.4 Å². The minimum absolute atomic E-state index is 0.206.